The zero-order valence-corrected chi connectivity index (χ0v) is 10.7. The van der Waals surface area contributed by atoms with Gasteiger partial charge in [0.2, 0.25) is 0 Å². The molecule has 0 N–H and O–H groups in total. The van der Waals surface area contributed by atoms with Gasteiger partial charge in [-0.25, -0.2) is 0 Å². The quantitative estimate of drug-likeness (QED) is 0.539. The molecule has 2 aliphatic carbocycles. The topological polar surface area (TPSA) is 69.7 Å². The van der Waals surface area contributed by atoms with Crippen LogP contribution in [0, 0.1) is 17.3 Å². The van der Waals surface area contributed by atoms with E-state index in [0.717, 1.165) is 5.57 Å². The number of rotatable bonds is 2. The van der Waals surface area contributed by atoms with Crippen molar-refractivity contribution in [3.8, 4) is 0 Å². The third kappa shape index (κ3) is 1.57. The minimum absolute atomic E-state index is 0.0456. The van der Waals surface area contributed by atoms with Crippen molar-refractivity contribution in [2.24, 2.45) is 17.3 Å². The van der Waals surface area contributed by atoms with Crippen LogP contribution in [0.15, 0.2) is 11.6 Å². The van der Waals surface area contributed by atoms with E-state index in [0.29, 0.717) is 6.42 Å². The van der Waals surface area contributed by atoms with Crippen LogP contribution in [0.5, 0.6) is 0 Å². The predicted octanol–water partition coefficient (Wildman–Crippen LogP) is 0.874. The molecule has 2 rings (SSSR count). The molecule has 0 saturated heterocycles. The Morgan fingerprint density at radius 2 is 1.83 bits per heavy atom. The van der Waals surface area contributed by atoms with Gasteiger partial charge in [-0.3, -0.25) is 14.4 Å². The molecule has 5 nitrogen and oxygen atoms in total. The van der Waals surface area contributed by atoms with Gasteiger partial charge in [0.15, 0.2) is 11.2 Å². The fraction of sp³-hybridized carbons (Fsp3) is 0.615. The number of ketones is 1. The van der Waals surface area contributed by atoms with Crippen LogP contribution in [0.2, 0.25) is 0 Å². The van der Waals surface area contributed by atoms with E-state index < -0.39 is 17.4 Å². The highest BCUT2D eigenvalue weighted by Gasteiger charge is 2.58. The van der Waals surface area contributed by atoms with E-state index in [-0.39, 0.29) is 24.0 Å². The molecular weight excluding hydrogens is 236 g/mol. The number of hydrogen-bond donors (Lipinski definition) is 0. The van der Waals surface area contributed by atoms with Crippen LogP contribution in [0.1, 0.15) is 19.8 Å². The highest BCUT2D eigenvalue weighted by Crippen LogP contribution is 2.52. The molecule has 0 unspecified atom stereocenters. The molecule has 0 aromatic carbocycles. The van der Waals surface area contributed by atoms with Crippen LogP contribution in [0.3, 0.4) is 0 Å². The van der Waals surface area contributed by atoms with Gasteiger partial charge in [-0.15, -0.1) is 0 Å². The molecule has 1 saturated carbocycles. The number of esters is 2. The van der Waals surface area contributed by atoms with Gasteiger partial charge in [-0.2, -0.15) is 0 Å². The van der Waals surface area contributed by atoms with Crippen LogP contribution in [0.4, 0.5) is 0 Å². The fourth-order valence-electron chi connectivity index (χ4n) is 3.01. The summed E-state index contributed by atoms with van der Waals surface area (Å²) in [4.78, 5) is 35.4. The number of hydrogen-bond acceptors (Lipinski definition) is 5. The standard InChI is InChI=1S/C13H16O5/c1-7-9-6-13(11(15)17-2,12(16)18-3)5-8(9)4-10(7)14/h4,7,9H,5-6H2,1-3H3/t7-,9+/m0/s1. The lowest BCUT2D eigenvalue weighted by molar-refractivity contribution is -0.169. The molecule has 0 aromatic rings. The Hall–Kier alpha value is -1.65. The van der Waals surface area contributed by atoms with Crippen molar-refractivity contribution in [1.29, 1.82) is 0 Å². The van der Waals surface area contributed by atoms with E-state index >= 15 is 0 Å². The third-order valence-corrected chi connectivity index (χ3v) is 4.08. The molecule has 0 amide bonds. The largest absolute Gasteiger partial charge is 0.468 e. The summed E-state index contributed by atoms with van der Waals surface area (Å²) in [7, 11) is 2.51. The summed E-state index contributed by atoms with van der Waals surface area (Å²) < 4.78 is 9.47. The number of fused-ring (bicyclic) bond motifs is 1. The van der Waals surface area contributed by atoms with Crippen molar-refractivity contribution in [2.45, 2.75) is 19.8 Å². The molecule has 2 atom stereocenters. The van der Waals surface area contributed by atoms with Crippen molar-refractivity contribution in [2.75, 3.05) is 14.2 Å². The minimum atomic E-state index is -1.27. The highest BCUT2D eigenvalue weighted by atomic mass is 16.5. The van der Waals surface area contributed by atoms with Crippen LogP contribution >= 0.6 is 0 Å². The van der Waals surface area contributed by atoms with Gasteiger partial charge in [0.05, 0.1) is 14.2 Å². The average molecular weight is 252 g/mol. The van der Waals surface area contributed by atoms with Gasteiger partial charge in [-0.05, 0) is 24.8 Å². The van der Waals surface area contributed by atoms with E-state index in [9.17, 15) is 14.4 Å². The molecule has 2 aliphatic rings. The summed E-state index contributed by atoms with van der Waals surface area (Å²) in [6, 6.07) is 0. The molecule has 0 spiro atoms. The van der Waals surface area contributed by atoms with E-state index in [2.05, 4.69) is 0 Å². The van der Waals surface area contributed by atoms with Crippen LogP contribution in [-0.4, -0.2) is 31.9 Å². The number of ether oxygens (including phenoxy) is 2. The van der Waals surface area contributed by atoms with Gasteiger partial charge in [-0.1, -0.05) is 12.5 Å². The second-order valence-electron chi connectivity index (χ2n) is 4.96. The smallest absolute Gasteiger partial charge is 0.323 e. The van der Waals surface area contributed by atoms with Gasteiger partial charge < -0.3 is 9.47 Å². The Bertz CT molecular complexity index is 432. The summed E-state index contributed by atoms with van der Waals surface area (Å²) >= 11 is 0. The number of carbonyl (C=O) groups is 3. The first-order chi connectivity index (χ1) is 8.46. The first-order valence-electron chi connectivity index (χ1n) is 5.87. The zero-order valence-electron chi connectivity index (χ0n) is 10.7. The zero-order chi connectivity index (χ0) is 13.5. The van der Waals surface area contributed by atoms with Crippen molar-refractivity contribution in [3.05, 3.63) is 11.6 Å². The molecule has 0 bridgehead atoms. The Morgan fingerprint density at radius 1 is 1.28 bits per heavy atom. The van der Waals surface area contributed by atoms with Gasteiger partial charge in [0, 0.05) is 5.92 Å². The lowest BCUT2D eigenvalue weighted by Crippen LogP contribution is -2.39. The second-order valence-corrected chi connectivity index (χ2v) is 4.96. The molecule has 18 heavy (non-hydrogen) atoms. The number of allylic oxidation sites excluding steroid dienone is 2. The van der Waals surface area contributed by atoms with Gasteiger partial charge >= 0.3 is 11.9 Å². The normalized spacial score (nSPS) is 28.6. The van der Waals surface area contributed by atoms with Crippen LogP contribution in [-0.2, 0) is 23.9 Å². The lowest BCUT2D eigenvalue weighted by Gasteiger charge is -2.23. The molecular formula is C13H16O5. The molecule has 0 aliphatic heterocycles. The first-order valence-corrected chi connectivity index (χ1v) is 5.87. The van der Waals surface area contributed by atoms with Crippen LogP contribution in [0.25, 0.3) is 0 Å². The second kappa shape index (κ2) is 4.23. The van der Waals surface area contributed by atoms with E-state index in [1.807, 2.05) is 6.92 Å². The van der Waals surface area contributed by atoms with Crippen molar-refractivity contribution >= 4 is 17.7 Å². The molecule has 0 aromatic heterocycles. The lowest BCUT2D eigenvalue weighted by atomic mass is 9.82. The third-order valence-electron chi connectivity index (χ3n) is 4.08. The summed E-state index contributed by atoms with van der Waals surface area (Å²) in [6.07, 6.45) is 2.08. The maximum absolute atomic E-state index is 11.9. The summed E-state index contributed by atoms with van der Waals surface area (Å²) in [5, 5.41) is 0. The Morgan fingerprint density at radius 3 is 2.28 bits per heavy atom. The highest BCUT2D eigenvalue weighted by molar-refractivity contribution is 6.03. The molecule has 98 valence electrons. The Kier molecular flexibility index (Phi) is 3.00. The Labute approximate surface area is 105 Å². The molecule has 0 radical (unpaired) electrons. The molecule has 1 fully saturated rings. The van der Waals surface area contributed by atoms with E-state index in [1.165, 1.54) is 14.2 Å². The monoisotopic (exact) mass is 252 g/mol. The number of methoxy groups -OCH3 is 2. The van der Waals surface area contributed by atoms with Crippen LogP contribution < -0.4 is 0 Å². The summed E-state index contributed by atoms with van der Waals surface area (Å²) in [5.74, 6) is -1.31. The van der Waals surface area contributed by atoms with E-state index in [1.54, 1.807) is 6.08 Å². The van der Waals surface area contributed by atoms with Crippen molar-refractivity contribution in [1.82, 2.24) is 0 Å². The van der Waals surface area contributed by atoms with Gasteiger partial charge in [0.25, 0.3) is 0 Å². The average Bonchev–Trinajstić information content (AvgIpc) is 2.86. The predicted molar refractivity (Wildman–Crippen MR) is 61.4 cm³/mol. The summed E-state index contributed by atoms with van der Waals surface area (Å²) in [5.41, 5.74) is -0.405. The maximum Gasteiger partial charge on any atom is 0.323 e. The Balaban J connectivity index is 2.37. The SMILES string of the molecule is COC(=O)C1(C(=O)OC)CC2=CC(=O)[C@@H](C)[C@H]2C1. The summed E-state index contributed by atoms with van der Waals surface area (Å²) in [6.45, 7) is 1.82. The molecule has 5 heteroatoms. The van der Waals surface area contributed by atoms with E-state index in [4.69, 9.17) is 9.47 Å². The van der Waals surface area contributed by atoms with Gasteiger partial charge in [0.1, 0.15) is 0 Å². The number of carbonyl (C=O) groups excluding carboxylic acids is 3. The molecule has 0 heterocycles. The minimum Gasteiger partial charge on any atom is -0.468 e. The van der Waals surface area contributed by atoms with Crippen molar-refractivity contribution in [3.63, 3.8) is 0 Å². The maximum atomic E-state index is 11.9. The van der Waals surface area contributed by atoms with Crippen molar-refractivity contribution < 1.29 is 23.9 Å². The fourth-order valence-corrected chi connectivity index (χ4v) is 3.01. The first kappa shape index (κ1) is 12.8.